The molecule has 20 heavy (non-hydrogen) atoms. The Morgan fingerprint density at radius 1 is 1.45 bits per heavy atom. The average molecular weight is 380 g/mol. The van der Waals surface area contributed by atoms with Crippen LogP contribution < -0.4 is 5.32 Å². The van der Waals surface area contributed by atoms with Crippen LogP contribution in [-0.4, -0.2) is 21.0 Å². The maximum atomic E-state index is 12.0. The molecule has 7 nitrogen and oxygen atoms in total. The molecule has 0 aliphatic carbocycles. The Morgan fingerprint density at radius 3 is 2.70 bits per heavy atom. The van der Waals surface area contributed by atoms with Crippen molar-refractivity contribution in [3.05, 3.63) is 48.5 Å². The van der Waals surface area contributed by atoms with Gasteiger partial charge in [-0.25, -0.2) is 0 Å². The van der Waals surface area contributed by atoms with Gasteiger partial charge in [0.2, 0.25) is 0 Å². The first kappa shape index (κ1) is 14.8. The van der Waals surface area contributed by atoms with Crippen LogP contribution in [0.25, 0.3) is 0 Å². The third-order valence-electron chi connectivity index (χ3n) is 2.27. The highest BCUT2D eigenvalue weighted by molar-refractivity contribution is 9.10. The molecule has 1 aromatic carbocycles. The largest absolute Gasteiger partial charge is 0.358 e. The highest BCUT2D eigenvalue weighted by Gasteiger charge is 2.25. The summed E-state index contributed by atoms with van der Waals surface area (Å²) in [5.41, 5.74) is 0.168. The number of benzene rings is 1. The van der Waals surface area contributed by atoms with Crippen LogP contribution in [-0.2, 0) is 0 Å². The molecule has 0 saturated heterocycles. The predicted molar refractivity (Wildman–Crippen MR) is 77.4 cm³/mol. The number of hydrogen-bond acceptors (Lipinski definition) is 4. The van der Waals surface area contributed by atoms with Gasteiger partial charge in [0, 0.05) is 5.02 Å². The second kappa shape index (κ2) is 5.78. The van der Waals surface area contributed by atoms with Crippen LogP contribution in [0.5, 0.6) is 0 Å². The fraction of sp³-hybridized carbons (Fsp3) is 0. The van der Waals surface area contributed by atoms with Gasteiger partial charge in [-0.1, -0.05) is 28.3 Å². The molecule has 0 spiro atoms. The number of H-pyrrole nitrogens is 1. The molecule has 0 aliphatic heterocycles. The van der Waals surface area contributed by atoms with Crippen molar-refractivity contribution < 1.29 is 9.72 Å². The number of anilines is 1. The molecule has 2 aromatic rings. The Morgan fingerprint density at radius 2 is 2.15 bits per heavy atom. The van der Waals surface area contributed by atoms with E-state index in [2.05, 4.69) is 31.4 Å². The standard InChI is InChI=1S/C10H5BrCl2N4O3/c11-7-8(15-16-9(7)17(19)20)10(18)14-6-2-1-4(12)3-5(6)13/h1-3H,(H,14,18)(H,15,16). The predicted octanol–water partition coefficient (Wildman–Crippen LogP) is 3.64. The number of carbonyl (C=O) groups is 1. The summed E-state index contributed by atoms with van der Waals surface area (Å²) in [5, 5.41) is 19.5. The second-order valence-corrected chi connectivity index (χ2v) is 5.21. The summed E-state index contributed by atoms with van der Waals surface area (Å²) in [7, 11) is 0. The number of halogens is 3. The molecule has 104 valence electrons. The van der Waals surface area contributed by atoms with E-state index in [1.165, 1.54) is 12.1 Å². The average Bonchev–Trinajstić information content (AvgIpc) is 2.74. The first-order chi connectivity index (χ1) is 9.40. The molecule has 1 amide bonds. The number of aromatic nitrogens is 2. The molecule has 0 aliphatic rings. The van der Waals surface area contributed by atoms with E-state index in [4.69, 9.17) is 23.2 Å². The van der Waals surface area contributed by atoms with E-state index in [1.807, 2.05) is 0 Å². The van der Waals surface area contributed by atoms with Crippen LogP contribution in [0.3, 0.4) is 0 Å². The number of rotatable bonds is 3. The Labute approximate surface area is 130 Å². The second-order valence-electron chi connectivity index (χ2n) is 3.57. The van der Waals surface area contributed by atoms with Crippen LogP contribution in [0.2, 0.25) is 10.0 Å². The van der Waals surface area contributed by atoms with Gasteiger partial charge >= 0.3 is 5.82 Å². The van der Waals surface area contributed by atoms with E-state index in [9.17, 15) is 14.9 Å². The third-order valence-corrected chi connectivity index (χ3v) is 3.57. The van der Waals surface area contributed by atoms with Gasteiger partial charge in [-0.3, -0.25) is 4.79 Å². The molecule has 0 radical (unpaired) electrons. The van der Waals surface area contributed by atoms with Gasteiger partial charge in [-0.2, -0.15) is 0 Å². The Bertz CT molecular complexity index is 704. The monoisotopic (exact) mass is 378 g/mol. The maximum Gasteiger partial charge on any atom is 0.357 e. The highest BCUT2D eigenvalue weighted by atomic mass is 79.9. The van der Waals surface area contributed by atoms with Gasteiger partial charge in [-0.05, 0) is 39.1 Å². The zero-order valence-electron chi connectivity index (χ0n) is 9.49. The van der Waals surface area contributed by atoms with E-state index in [0.29, 0.717) is 10.7 Å². The lowest BCUT2D eigenvalue weighted by Gasteiger charge is -2.05. The van der Waals surface area contributed by atoms with Crippen molar-refractivity contribution in [2.45, 2.75) is 0 Å². The molecule has 0 atom stereocenters. The van der Waals surface area contributed by atoms with Gasteiger partial charge in [-0.15, -0.1) is 5.10 Å². The lowest BCUT2D eigenvalue weighted by atomic mass is 10.3. The quantitative estimate of drug-likeness (QED) is 0.627. The van der Waals surface area contributed by atoms with Gasteiger partial charge in [0.1, 0.15) is 4.47 Å². The fourth-order valence-corrected chi connectivity index (χ4v) is 2.32. The van der Waals surface area contributed by atoms with Crippen molar-refractivity contribution in [3.8, 4) is 0 Å². The molecule has 0 saturated carbocycles. The minimum atomic E-state index is -0.691. The molecule has 2 N–H and O–H groups in total. The number of aromatic amines is 1. The van der Waals surface area contributed by atoms with Crippen LogP contribution in [0.4, 0.5) is 11.5 Å². The third kappa shape index (κ3) is 2.92. The summed E-state index contributed by atoms with van der Waals surface area (Å²) in [6, 6.07) is 4.52. The first-order valence-electron chi connectivity index (χ1n) is 5.05. The van der Waals surface area contributed by atoms with Gasteiger partial charge in [0.25, 0.3) is 5.91 Å². The molecule has 10 heteroatoms. The molecule has 0 bridgehead atoms. The Hall–Kier alpha value is -1.64. The molecule has 0 fully saturated rings. The number of nitrogens with zero attached hydrogens (tertiary/aromatic N) is 2. The van der Waals surface area contributed by atoms with Gasteiger partial charge in [0.05, 0.1) is 10.7 Å². The molecule has 1 aromatic heterocycles. The summed E-state index contributed by atoms with van der Waals surface area (Å²) >= 11 is 14.6. The molecular formula is C10H5BrCl2N4O3. The number of carbonyl (C=O) groups excluding carboxylic acids is 1. The van der Waals surface area contributed by atoms with E-state index in [1.54, 1.807) is 6.07 Å². The first-order valence-corrected chi connectivity index (χ1v) is 6.59. The van der Waals surface area contributed by atoms with Crippen molar-refractivity contribution in [2.75, 3.05) is 5.32 Å². The normalized spacial score (nSPS) is 10.3. The topological polar surface area (TPSA) is 101 Å². The Kier molecular flexibility index (Phi) is 4.26. The molecule has 0 unspecified atom stereocenters. The maximum absolute atomic E-state index is 12.0. The smallest absolute Gasteiger partial charge is 0.357 e. The molecule has 1 heterocycles. The van der Waals surface area contributed by atoms with E-state index in [-0.39, 0.29) is 15.2 Å². The zero-order valence-corrected chi connectivity index (χ0v) is 12.6. The summed E-state index contributed by atoms with van der Waals surface area (Å²) in [6.45, 7) is 0. The van der Waals surface area contributed by atoms with Crippen LogP contribution >= 0.6 is 39.1 Å². The van der Waals surface area contributed by atoms with E-state index < -0.39 is 16.6 Å². The van der Waals surface area contributed by atoms with Crippen molar-refractivity contribution in [1.29, 1.82) is 0 Å². The summed E-state index contributed by atoms with van der Waals surface area (Å²) in [6.07, 6.45) is 0. The van der Waals surface area contributed by atoms with Crippen LogP contribution in [0, 0.1) is 10.1 Å². The van der Waals surface area contributed by atoms with Crippen molar-refractivity contribution in [2.24, 2.45) is 0 Å². The van der Waals surface area contributed by atoms with Crippen molar-refractivity contribution in [1.82, 2.24) is 10.2 Å². The minimum absolute atomic E-state index is 0.0370. The fourth-order valence-electron chi connectivity index (χ4n) is 1.36. The highest BCUT2D eigenvalue weighted by Crippen LogP contribution is 2.28. The van der Waals surface area contributed by atoms with Crippen LogP contribution in [0.15, 0.2) is 22.7 Å². The lowest BCUT2D eigenvalue weighted by Crippen LogP contribution is -2.13. The zero-order chi connectivity index (χ0) is 14.9. The van der Waals surface area contributed by atoms with Crippen molar-refractivity contribution in [3.63, 3.8) is 0 Å². The molecular weight excluding hydrogens is 375 g/mol. The van der Waals surface area contributed by atoms with Gasteiger partial charge < -0.3 is 15.4 Å². The summed E-state index contributed by atoms with van der Waals surface area (Å²) < 4.78 is -0.0370. The molecule has 2 rings (SSSR count). The van der Waals surface area contributed by atoms with Gasteiger partial charge in [0.15, 0.2) is 5.69 Å². The summed E-state index contributed by atoms with van der Waals surface area (Å²) in [4.78, 5) is 21.9. The summed E-state index contributed by atoms with van der Waals surface area (Å²) in [5.74, 6) is -1.05. The number of nitrogens with one attached hydrogen (secondary N) is 2. The SMILES string of the molecule is O=C(Nc1ccc(Cl)cc1Cl)c1n[nH]c([N+](=O)[O-])c1Br. The van der Waals surface area contributed by atoms with Crippen LogP contribution in [0.1, 0.15) is 10.5 Å². The van der Waals surface area contributed by atoms with E-state index in [0.717, 1.165) is 0 Å². The number of nitro groups is 1. The number of amides is 1. The number of hydrogen-bond donors (Lipinski definition) is 2. The Balaban J connectivity index is 2.26. The van der Waals surface area contributed by atoms with E-state index >= 15 is 0 Å². The minimum Gasteiger partial charge on any atom is -0.358 e. The lowest BCUT2D eigenvalue weighted by molar-refractivity contribution is -0.390. The van der Waals surface area contributed by atoms with Crippen molar-refractivity contribution >= 4 is 56.5 Å².